The third-order valence-electron chi connectivity index (χ3n) is 3.19. The van der Waals surface area contributed by atoms with Crippen molar-refractivity contribution in [2.24, 2.45) is 0 Å². The van der Waals surface area contributed by atoms with E-state index in [4.69, 9.17) is 0 Å². The fraction of sp³-hybridized carbons (Fsp3) is 0.692. The van der Waals surface area contributed by atoms with Gasteiger partial charge in [-0.25, -0.2) is 4.98 Å². The maximum atomic E-state index is 11.2. The summed E-state index contributed by atoms with van der Waals surface area (Å²) < 4.78 is 0. The summed E-state index contributed by atoms with van der Waals surface area (Å²) in [6, 6.07) is 0.362. The summed E-state index contributed by atoms with van der Waals surface area (Å²) in [6.07, 6.45) is 2.64. The molecule has 0 aliphatic heterocycles. The van der Waals surface area contributed by atoms with Gasteiger partial charge in [0.05, 0.1) is 5.69 Å². The Bertz CT molecular complexity index is 448. The predicted molar refractivity (Wildman–Crippen MR) is 81.5 cm³/mol. The minimum atomic E-state index is -0.743. The van der Waals surface area contributed by atoms with E-state index >= 15 is 0 Å². The number of nitrogens with zero attached hydrogens (tertiary/aromatic N) is 1. The second-order valence-corrected chi connectivity index (χ2v) is 7.22. The fourth-order valence-electron chi connectivity index (χ4n) is 2.27. The molecule has 0 spiro atoms. The molecule has 0 saturated heterocycles. The van der Waals surface area contributed by atoms with Gasteiger partial charge in [-0.15, -0.1) is 11.3 Å². The van der Waals surface area contributed by atoms with Crippen LogP contribution in [-0.2, 0) is 11.2 Å². The van der Waals surface area contributed by atoms with Crippen molar-refractivity contribution in [3.63, 3.8) is 0 Å². The summed E-state index contributed by atoms with van der Waals surface area (Å²) in [5, 5.41) is 13.5. The average Bonchev–Trinajstić information content (AvgIpc) is 2.77. The normalized spacial score (nSPS) is 19.8. The lowest BCUT2D eigenvalue weighted by molar-refractivity contribution is -0.139. The van der Waals surface area contributed by atoms with Crippen molar-refractivity contribution < 1.29 is 9.90 Å². The van der Waals surface area contributed by atoms with Crippen LogP contribution in [0.2, 0.25) is 0 Å². The number of nitrogens with one attached hydrogen (secondary N) is 1. The number of thiazole rings is 1. The van der Waals surface area contributed by atoms with E-state index in [-0.39, 0.29) is 0 Å². The first-order valence-electron chi connectivity index (χ1n) is 6.68. The summed E-state index contributed by atoms with van der Waals surface area (Å²) in [5.41, 5.74) is 0.793. The number of anilines is 1. The Morgan fingerprint density at radius 1 is 1.68 bits per heavy atom. The number of hydrogen-bond donors (Lipinski definition) is 2. The smallest absolute Gasteiger partial charge is 0.312 e. The van der Waals surface area contributed by atoms with E-state index in [9.17, 15) is 9.90 Å². The van der Waals surface area contributed by atoms with Gasteiger partial charge in [-0.05, 0) is 31.9 Å². The SMILES string of the molecule is CCSCC(C)Nc1nc2c(s1)CCCC2C(=O)O. The van der Waals surface area contributed by atoms with Gasteiger partial charge in [-0.1, -0.05) is 6.92 Å². The first-order chi connectivity index (χ1) is 9.11. The first-order valence-corrected chi connectivity index (χ1v) is 8.65. The summed E-state index contributed by atoms with van der Waals surface area (Å²) in [4.78, 5) is 16.9. The predicted octanol–water partition coefficient (Wildman–Crippen LogP) is 3.20. The number of carboxylic acids is 1. The molecule has 0 bridgehead atoms. The molecule has 2 atom stereocenters. The quantitative estimate of drug-likeness (QED) is 0.844. The number of aromatic nitrogens is 1. The maximum absolute atomic E-state index is 11.2. The molecule has 2 N–H and O–H groups in total. The molecular formula is C13H20N2O2S2. The van der Waals surface area contributed by atoms with Gasteiger partial charge in [0.1, 0.15) is 5.92 Å². The average molecular weight is 300 g/mol. The summed E-state index contributed by atoms with van der Waals surface area (Å²) in [7, 11) is 0. The van der Waals surface area contributed by atoms with Crippen LogP contribution < -0.4 is 5.32 Å². The maximum Gasteiger partial charge on any atom is 0.312 e. The van der Waals surface area contributed by atoms with E-state index in [0.29, 0.717) is 12.5 Å². The fourth-order valence-corrected chi connectivity index (χ4v) is 4.12. The summed E-state index contributed by atoms with van der Waals surface area (Å²) >= 11 is 3.52. The Morgan fingerprint density at radius 3 is 3.16 bits per heavy atom. The Morgan fingerprint density at radius 2 is 2.47 bits per heavy atom. The van der Waals surface area contributed by atoms with E-state index in [2.05, 4.69) is 24.1 Å². The number of carboxylic acid groups (broad SMARTS) is 1. The zero-order valence-corrected chi connectivity index (χ0v) is 12.9. The minimum absolute atomic E-state index is 0.362. The number of hydrogen-bond acceptors (Lipinski definition) is 5. The van der Waals surface area contributed by atoms with Crippen LogP contribution >= 0.6 is 23.1 Å². The number of rotatable bonds is 6. The lowest BCUT2D eigenvalue weighted by Gasteiger charge is -2.16. The van der Waals surface area contributed by atoms with Crippen LogP contribution in [0.3, 0.4) is 0 Å². The van der Waals surface area contributed by atoms with E-state index in [1.54, 1.807) is 11.3 Å². The molecule has 1 aromatic heterocycles. The van der Waals surface area contributed by atoms with Crippen molar-refractivity contribution in [1.29, 1.82) is 0 Å². The largest absolute Gasteiger partial charge is 0.481 e. The lowest BCUT2D eigenvalue weighted by atomic mass is 9.91. The molecule has 1 aromatic rings. The molecule has 0 saturated carbocycles. The molecule has 106 valence electrons. The Labute approximate surface area is 122 Å². The van der Waals surface area contributed by atoms with E-state index in [1.165, 1.54) is 0 Å². The van der Waals surface area contributed by atoms with E-state index in [1.807, 2.05) is 11.8 Å². The van der Waals surface area contributed by atoms with E-state index < -0.39 is 11.9 Å². The number of carbonyl (C=O) groups is 1. The molecule has 2 rings (SSSR count). The van der Waals surface area contributed by atoms with Gasteiger partial charge in [0, 0.05) is 16.7 Å². The van der Waals surface area contributed by atoms with Gasteiger partial charge in [-0.2, -0.15) is 11.8 Å². The van der Waals surface area contributed by atoms with Crippen molar-refractivity contribution in [1.82, 2.24) is 4.98 Å². The zero-order valence-electron chi connectivity index (χ0n) is 11.3. The summed E-state index contributed by atoms with van der Waals surface area (Å²) in [5.74, 6) is 1.01. The molecule has 1 aliphatic rings. The second-order valence-electron chi connectivity index (χ2n) is 4.82. The lowest BCUT2D eigenvalue weighted by Crippen LogP contribution is -2.19. The van der Waals surface area contributed by atoms with Crippen LogP contribution in [0.5, 0.6) is 0 Å². The molecule has 6 heteroatoms. The van der Waals surface area contributed by atoms with Crippen LogP contribution in [0.1, 0.15) is 43.2 Å². The minimum Gasteiger partial charge on any atom is -0.481 e. The second kappa shape index (κ2) is 6.61. The molecule has 0 amide bonds. The highest BCUT2D eigenvalue weighted by atomic mass is 32.2. The highest BCUT2D eigenvalue weighted by Crippen LogP contribution is 2.37. The zero-order chi connectivity index (χ0) is 13.8. The molecular weight excluding hydrogens is 280 g/mol. The summed E-state index contributed by atoms with van der Waals surface area (Å²) in [6.45, 7) is 4.29. The van der Waals surface area contributed by atoms with Crippen molar-refractivity contribution in [3.8, 4) is 0 Å². The van der Waals surface area contributed by atoms with Crippen molar-refractivity contribution in [2.75, 3.05) is 16.8 Å². The van der Waals surface area contributed by atoms with Crippen LogP contribution in [0.15, 0.2) is 0 Å². The third kappa shape index (κ3) is 3.63. The van der Waals surface area contributed by atoms with Gasteiger partial charge in [0.15, 0.2) is 5.13 Å². The molecule has 0 fully saturated rings. The van der Waals surface area contributed by atoms with Crippen LogP contribution in [0.4, 0.5) is 5.13 Å². The number of aryl methyl sites for hydroxylation is 1. The standard InChI is InChI=1S/C13H20N2O2S2/c1-3-18-7-8(2)14-13-15-11-9(12(16)17)5-4-6-10(11)19-13/h8-9H,3-7H2,1-2H3,(H,14,15)(H,16,17). The molecule has 4 nitrogen and oxygen atoms in total. The molecule has 1 heterocycles. The highest BCUT2D eigenvalue weighted by Gasteiger charge is 2.30. The van der Waals surface area contributed by atoms with Gasteiger partial charge in [-0.3, -0.25) is 4.79 Å². The van der Waals surface area contributed by atoms with Gasteiger partial charge < -0.3 is 10.4 Å². The first kappa shape index (κ1) is 14.7. The number of thioether (sulfide) groups is 1. The van der Waals surface area contributed by atoms with Crippen LogP contribution in [0.25, 0.3) is 0 Å². The number of fused-ring (bicyclic) bond motifs is 1. The van der Waals surface area contributed by atoms with Crippen molar-refractivity contribution >= 4 is 34.2 Å². The van der Waals surface area contributed by atoms with Crippen molar-refractivity contribution in [3.05, 3.63) is 10.6 Å². The third-order valence-corrected chi connectivity index (χ3v) is 5.40. The monoisotopic (exact) mass is 300 g/mol. The van der Waals surface area contributed by atoms with Crippen molar-refractivity contribution in [2.45, 2.75) is 45.1 Å². The highest BCUT2D eigenvalue weighted by molar-refractivity contribution is 7.99. The molecule has 0 radical (unpaired) electrons. The Balaban J connectivity index is 2.06. The van der Waals surface area contributed by atoms with Crippen LogP contribution in [0, 0.1) is 0 Å². The molecule has 19 heavy (non-hydrogen) atoms. The van der Waals surface area contributed by atoms with Gasteiger partial charge in [0.25, 0.3) is 0 Å². The van der Waals surface area contributed by atoms with Gasteiger partial charge in [0.2, 0.25) is 0 Å². The Kier molecular flexibility index (Phi) is 5.10. The van der Waals surface area contributed by atoms with Gasteiger partial charge >= 0.3 is 5.97 Å². The molecule has 2 unspecified atom stereocenters. The Hall–Kier alpha value is -0.750. The molecule has 0 aromatic carbocycles. The topological polar surface area (TPSA) is 62.2 Å². The number of aliphatic carboxylic acids is 1. The van der Waals surface area contributed by atoms with E-state index in [0.717, 1.165) is 40.0 Å². The van der Waals surface area contributed by atoms with Crippen LogP contribution in [-0.4, -0.2) is 33.6 Å². The molecule has 1 aliphatic carbocycles.